The van der Waals surface area contributed by atoms with Gasteiger partial charge in [0.2, 0.25) is 5.91 Å². The first-order valence-corrected chi connectivity index (χ1v) is 5.34. The minimum absolute atomic E-state index is 0.000741. The van der Waals surface area contributed by atoms with Gasteiger partial charge in [-0.05, 0) is 6.92 Å². The quantitative estimate of drug-likeness (QED) is 0.649. The molecule has 0 aromatic rings. The maximum Gasteiger partial charge on any atom is 0.249 e. The van der Waals surface area contributed by atoms with Gasteiger partial charge in [-0.1, -0.05) is 0 Å². The molecule has 1 amide bonds. The molecule has 4 nitrogen and oxygen atoms in total. The summed E-state index contributed by atoms with van der Waals surface area (Å²) in [7, 11) is 0. The summed E-state index contributed by atoms with van der Waals surface area (Å²) in [6, 6.07) is -0.00151. The van der Waals surface area contributed by atoms with Gasteiger partial charge in [0.1, 0.15) is 6.61 Å². The molecule has 0 aliphatic carbocycles. The Hall–Kier alpha value is -0.320. The van der Waals surface area contributed by atoms with E-state index < -0.39 is 0 Å². The summed E-state index contributed by atoms with van der Waals surface area (Å²) in [6.45, 7) is 4.30. The third-order valence-corrected chi connectivity index (χ3v) is 2.51. The van der Waals surface area contributed by atoms with Gasteiger partial charge < -0.3 is 14.4 Å². The maximum atomic E-state index is 11.6. The molecule has 1 aliphatic rings. The fourth-order valence-electron chi connectivity index (χ4n) is 1.38. The van der Waals surface area contributed by atoms with Crippen LogP contribution in [-0.2, 0) is 14.3 Å². The lowest BCUT2D eigenvalue weighted by Crippen LogP contribution is -2.50. The molecule has 1 aliphatic heterocycles. The van der Waals surface area contributed by atoms with E-state index in [-0.39, 0.29) is 18.6 Å². The van der Waals surface area contributed by atoms with Crippen LogP contribution in [0, 0.1) is 0 Å². The lowest BCUT2D eigenvalue weighted by atomic mass is 10.2. The predicted octanol–water partition coefficient (Wildman–Crippen LogP) is 0.489. The Morgan fingerprint density at radius 2 is 2.50 bits per heavy atom. The molecule has 1 atom stereocenters. The van der Waals surface area contributed by atoms with Gasteiger partial charge in [0, 0.05) is 19.0 Å². The van der Waals surface area contributed by atoms with Crippen LogP contribution in [0.3, 0.4) is 0 Å². The molecule has 0 bridgehead atoms. The fourth-order valence-corrected chi connectivity index (χ4v) is 1.64. The van der Waals surface area contributed by atoms with Gasteiger partial charge in [-0.15, -0.1) is 11.6 Å². The number of hydrogen-bond acceptors (Lipinski definition) is 3. The second-order valence-electron chi connectivity index (χ2n) is 3.11. The number of halogens is 1. The largest absolute Gasteiger partial charge is 0.377 e. The molecule has 14 heavy (non-hydrogen) atoms. The highest BCUT2D eigenvalue weighted by Gasteiger charge is 2.26. The van der Waals surface area contributed by atoms with Crippen molar-refractivity contribution >= 4 is 17.5 Å². The highest BCUT2D eigenvalue weighted by atomic mass is 35.5. The first-order valence-electron chi connectivity index (χ1n) is 4.80. The van der Waals surface area contributed by atoms with Crippen molar-refractivity contribution in [2.75, 3.05) is 38.9 Å². The van der Waals surface area contributed by atoms with E-state index in [0.29, 0.717) is 32.2 Å². The monoisotopic (exact) mass is 221 g/mol. The molecule has 5 heteroatoms. The molecule has 1 rings (SSSR count). The summed E-state index contributed by atoms with van der Waals surface area (Å²) in [5.41, 5.74) is 0. The predicted molar refractivity (Wildman–Crippen MR) is 53.5 cm³/mol. The van der Waals surface area contributed by atoms with Gasteiger partial charge in [-0.25, -0.2) is 0 Å². The van der Waals surface area contributed by atoms with Crippen LogP contribution in [0.1, 0.15) is 6.92 Å². The fraction of sp³-hybridized carbons (Fsp3) is 0.889. The summed E-state index contributed by atoms with van der Waals surface area (Å²) >= 11 is 5.74. The standard InChI is InChI=1S/C9H16ClNO3/c1-2-13-7-9(12)11-3-4-14-6-8(11)5-10/h8H,2-7H2,1H3. The molecule has 1 saturated heterocycles. The van der Waals surface area contributed by atoms with Crippen LogP contribution < -0.4 is 0 Å². The maximum absolute atomic E-state index is 11.6. The number of morpholine rings is 1. The van der Waals surface area contributed by atoms with Crippen LogP contribution in [0.4, 0.5) is 0 Å². The number of carbonyl (C=O) groups is 1. The Balaban J connectivity index is 2.41. The number of carbonyl (C=O) groups excluding carboxylic acids is 1. The van der Waals surface area contributed by atoms with Gasteiger partial charge >= 0.3 is 0 Å². The molecule has 82 valence electrons. The zero-order valence-electron chi connectivity index (χ0n) is 8.37. The Labute approximate surface area is 89.1 Å². The molecule has 0 radical (unpaired) electrons. The Kier molecular flexibility index (Phi) is 5.22. The van der Waals surface area contributed by atoms with E-state index in [1.54, 1.807) is 4.90 Å². The van der Waals surface area contributed by atoms with Gasteiger partial charge in [-0.3, -0.25) is 4.79 Å². The van der Waals surface area contributed by atoms with E-state index in [1.165, 1.54) is 0 Å². The van der Waals surface area contributed by atoms with Crippen LogP contribution in [0.2, 0.25) is 0 Å². The second-order valence-corrected chi connectivity index (χ2v) is 3.42. The zero-order valence-corrected chi connectivity index (χ0v) is 9.13. The molecule has 1 fully saturated rings. The lowest BCUT2D eigenvalue weighted by molar-refractivity contribution is -0.143. The van der Waals surface area contributed by atoms with Crippen molar-refractivity contribution in [2.45, 2.75) is 13.0 Å². The highest BCUT2D eigenvalue weighted by Crippen LogP contribution is 2.08. The summed E-state index contributed by atoms with van der Waals surface area (Å²) < 4.78 is 10.3. The van der Waals surface area contributed by atoms with Crippen molar-refractivity contribution in [1.29, 1.82) is 0 Å². The van der Waals surface area contributed by atoms with Gasteiger partial charge in [0.05, 0.1) is 19.3 Å². The molecule has 0 saturated carbocycles. The number of hydrogen-bond donors (Lipinski definition) is 0. The lowest BCUT2D eigenvalue weighted by Gasteiger charge is -2.34. The van der Waals surface area contributed by atoms with Crippen molar-refractivity contribution in [3.8, 4) is 0 Å². The number of amides is 1. The molecule has 0 N–H and O–H groups in total. The summed E-state index contributed by atoms with van der Waals surface area (Å²) in [5.74, 6) is 0.415. The van der Waals surface area contributed by atoms with Crippen molar-refractivity contribution in [2.24, 2.45) is 0 Å². The Morgan fingerprint density at radius 3 is 3.14 bits per heavy atom. The van der Waals surface area contributed by atoms with E-state index in [4.69, 9.17) is 21.1 Å². The van der Waals surface area contributed by atoms with E-state index in [2.05, 4.69) is 0 Å². The average Bonchev–Trinajstić information content (AvgIpc) is 2.25. The minimum Gasteiger partial charge on any atom is -0.377 e. The van der Waals surface area contributed by atoms with Crippen molar-refractivity contribution in [3.05, 3.63) is 0 Å². The van der Waals surface area contributed by atoms with E-state index in [9.17, 15) is 4.79 Å². The second kappa shape index (κ2) is 6.22. The van der Waals surface area contributed by atoms with Crippen LogP contribution in [0.15, 0.2) is 0 Å². The van der Waals surface area contributed by atoms with E-state index >= 15 is 0 Å². The molecule has 0 spiro atoms. The topological polar surface area (TPSA) is 38.8 Å². The van der Waals surface area contributed by atoms with Crippen molar-refractivity contribution in [1.82, 2.24) is 4.90 Å². The number of ether oxygens (including phenoxy) is 2. The molecular formula is C9H16ClNO3. The number of nitrogens with zero attached hydrogens (tertiary/aromatic N) is 1. The van der Waals surface area contributed by atoms with Crippen LogP contribution in [0.5, 0.6) is 0 Å². The van der Waals surface area contributed by atoms with Crippen LogP contribution >= 0.6 is 11.6 Å². The van der Waals surface area contributed by atoms with Gasteiger partial charge in [-0.2, -0.15) is 0 Å². The average molecular weight is 222 g/mol. The molecule has 0 aromatic carbocycles. The summed E-state index contributed by atoms with van der Waals surface area (Å²) in [6.07, 6.45) is 0. The summed E-state index contributed by atoms with van der Waals surface area (Å²) in [4.78, 5) is 13.4. The molecular weight excluding hydrogens is 206 g/mol. The number of rotatable bonds is 4. The minimum atomic E-state index is -0.00151. The summed E-state index contributed by atoms with van der Waals surface area (Å²) in [5, 5.41) is 0. The third-order valence-electron chi connectivity index (χ3n) is 2.16. The first-order chi connectivity index (χ1) is 6.79. The Bertz CT molecular complexity index is 189. The molecule has 1 heterocycles. The van der Waals surface area contributed by atoms with Crippen LogP contribution in [-0.4, -0.2) is 55.7 Å². The third kappa shape index (κ3) is 3.12. The van der Waals surface area contributed by atoms with Crippen molar-refractivity contribution < 1.29 is 14.3 Å². The molecule has 0 aromatic heterocycles. The SMILES string of the molecule is CCOCC(=O)N1CCOCC1CCl. The Morgan fingerprint density at radius 1 is 1.71 bits per heavy atom. The van der Waals surface area contributed by atoms with Crippen molar-refractivity contribution in [3.63, 3.8) is 0 Å². The highest BCUT2D eigenvalue weighted by molar-refractivity contribution is 6.18. The molecule has 1 unspecified atom stereocenters. The number of alkyl halides is 1. The van der Waals surface area contributed by atoms with E-state index in [1.807, 2.05) is 6.92 Å². The van der Waals surface area contributed by atoms with Gasteiger partial charge in [0.15, 0.2) is 0 Å². The van der Waals surface area contributed by atoms with Gasteiger partial charge in [0.25, 0.3) is 0 Å². The zero-order chi connectivity index (χ0) is 10.4. The van der Waals surface area contributed by atoms with E-state index in [0.717, 1.165) is 0 Å². The normalized spacial score (nSPS) is 22.4. The van der Waals surface area contributed by atoms with Crippen LogP contribution in [0.25, 0.3) is 0 Å². The smallest absolute Gasteiger partial charge is 0.249 e. The first kappa shape index (κ1) is 11.8.